The molecule has 2 aliphatic rings. The van der Waals surface area contributed by atoms with Crippen molar-refractivity contribution in [1.29, 1.82) is 0 Å². The van der Waals surface area contributed by atoms with Crippen molar-refractivity contribution in [2.24, 2.45) is 0 Å². The molecular weight excluding hydrogens is 602 g/mol. The van der Waals surface area contributed by atoms with Crippen molar-refractivity contribution in [3.8, 4) is 0 Å². The molecule has 6 rings (SSSR count). The maximum Gasteiger partial charge on any atom is 0.310 e. The van der Waals surface area contributed by atoms with E-state index in [2.05, 4.69) is 15.6 Å². The average Bonchev–Trinajstić information content (AvgIpc) is 3.40. The molecule has 0 spiro atoms. The summed E-state index contributed by atoms with van der Waals surface area (Å²) in [6.45, 7) is -0.369. The molecule has 240 valence electrons. The van der Waals surface area contributed by atoms with E-state index in [1.165, 1.54) is 11.2 Å². The molecule has 12 heteroatoms. The van der Waals surface area contributed by atoms with Crippen LogP contribution in [0.3, 0.4) is 0 Å². The van der Waals surface area contributed by atoms with E-state index in [1.807, 2.05) is 72.8 Å². The van der Waals surface area contributed by atoms with Crippen LogP contribution in [0.2, 0.25) is 0 Å². The number of carbonyl (C=O) groups excluding carboxylic acids is 5. The van der Waals surface area contributed by atoms with Crippen LogP contribution in [0.4, 0.5) is 0 Å². The second-order valence-electron chi connectivity index (χ2n) is 11.3. The second kappa shape index (κ2) is 14.2. The molecule has 1 aromatic heterocycles. The van der Waals surface area contributed by atoms with Crippen LogP contribution >= 0.6 is 0 Å². The van der Waals surface area contributed by atoms with Gasteiger partial charge in [0.05, 0.1) is 19.6 Å². The first-order valence-electron chi connectivity index (χ1n) is 15.3. The van der Waals surface area contributed by atoms with E-state index in [0.29, 0.717) is 5.39 Å². The number of nitrogens with zero attached hydrogens (tertiary/aromatic N) is 3. The number of cyclic esters (lactones) is 1. The van der Waals surface area contributed by atoms with Gasteiger partial charge in [-0.1, -0.05) is 84.9 Å². The number of benzene rings is 3. The average molecular weight is 636 g/mol. The summed E-state index contributed by atoms with van der Waals surface area (Å²) in [6.07, 6.45) is 0.335. The van der Waals surface area contributed by atoms with E-state index < -0.39 is 54.5 Å². The molecule has 0 saturated carbocycles. The Bertz CT molecular complexity index is 1780. The third kappa shape index (κ3) is 7.45. The van der Waals surface area contributed by atoms with Crippen LogP contribution in [-0.2, 0) is 41.8 Å². The monoisotopic (exact) mass is 635 g/mol. The number of nitrogens with one attached hydrogen (secondary N) is 2. The number of amides is 4. The zero-order valence-electron chi connectivity index (χ0n) is 25.4. The van der Waals surface area contributed by atoms with E-state index in [9.17, 15) is 24.0 Å². The van der Waals surface area contributed by atoms with Gasteiger partial charge in [0.2, 0.25) is 18.1 Å². The minimum Gasteiger partial charge on any atom is -0.433 e. The topological polar surface area (TPSA) is 147 Å². The molecule has 0 radical (unpaired) electrons. The number of carbonyl (C=O) groups is 5. The lowest BCUT2D eigenvalue weighted by molar-refractivity contribution is -0.170. The smallest absolute Gasteiger partial charge is 0.310 e. The van der Waals surface area contributed by atoms with Crippen LogP contribution in [-0.4, -0.2) is 69.5 Å². The highest BCUT2D eigenvalue weighted by Gasteiger charge is 2.40. The van der Waals surface area contributed by atoms with Crippen molar-refractivity contribution in [3.05, 3.63) is 114 Å². The maximum atomic E-state index is 14.1. The number of pyridine rings is 1. The zero-order chi connectivity index (χ0) is 32.8. The quantitative estimate of drug-likeness (QED) is 0.253. The highest BCUT2D eigenvalue weighted by molar-refractivity contribution is 6.06. The van der Waals surface area contributed by atoms with Gasteiger partial charge < -0.3 is 20.1 Å². The van der Waals surface area contributed by atoms with Crippen LogP contribution in [0.25, 0.3) is 10.8 Å². The summed E-state index contributed by atoms with van der Waals surface area (Å²) in [5.74, 6) is -2.77. The van der Waals surface area contributed by atoms with Gasteiger partial charge in [-0.25, -0.2) is 10.0 Å². The summed E-state index contributed by atoms with van der Waals surface area (Å²) in [7, 11) is 0. The van der Waals surface area contributed by atoms with Gasteiger partial charge in [-0.05, 0) is 29.0 Å². The van der Waals surface area contributed by atoms with Crippen molar-refractivity contribution in [3.63, 3.8) is 0 Å². The molecule has 4 amide bonds. The molecule has 2 N–H and O–H groups in total. The highest BCUT2D eigenvalue weighted by Crippen LogP contribution is 2.22. The fraction of sp³-hybridized carbons (Fsp3) is 0.257. The van der Waals surface area contributed by atoms with E-state index in [0.717, 1.165) is 21.5 Å². The first kappa shape index (κ1) is 31.4. The Balaban J connectivity index is 1.20. The number of fused-ring (bicyclic) bond motifs is 1. The summed E-state index contributed by atoms with van der Waals surface area (Å²) in [4.78, 5) is 70.9. The molecule has 4 aromatic rings. The SMILES string of the molecule is O=C(CN1C(=O)C(NC(=O)c2nccc3ccccc23)CCC(=O)N1Cc1ccccc1)NC1CC(=O)OC1OCc1ccccc1. The Labute approximate surface area is 270 Å². The number of ether oxygens (including phenoxy) is 2. The number of hydrazine groups is 1. The molecule has 2 aliphatic heterocycles. The largest absolute Gasteiger partial charge is 0.433 e. The van der Waals surface area contributed by atoms with Gasteiger partial charge in [0, 0.05) is 18.0 Å². The molecular formula is C35H33N5O7. The third-order valence-electron chi connectivity index (χ3n) is 8.01. The summed E-state index contributed by atoms with van der Waals surface area (Å²) < 4.78 is 11.1. The maximum absolute atomic E-state index is 14.1. The van der Waals surface area contributed by atoms with Gasteiger partial charge in [-0.3, -0.25) is 29.0 Å². The molecule has 12 nitrogen and oxygen atoms in total. The zero-order valence-corrected chi connectivity index (χ0v) is 25.4. The molecule has 3 heterocycles. The third-order valence-corrected chi connectivity index (χ3v) is 8.01. The molecule has 2 fully saturated rings. The van der Waals surface area contributed by atoms with Crippen molar-refractivity contribution < 1.29 is 33.4 Å². The van der Waals surface area contributed by atoms with E-state index >= 15 is 0 Å². The molecule has 3 unspecified atom stereocenters. The molecule has 3 atom stereocenters. The number of hydrogen-bond acceptors (Lipinski definition) is 8. The molecule has 0 aliphatic carbocycles. The molecule has 0 bridgehead atoms. The predicted molar refractivity (Wildman–Crippen MR) is 169 cm³/mol. The van der Waals surface area contributed by atoms with Gasteiger partial charge in [-0.2, -0.15) is 0 Å². The lowest BCUT2D eigenvalue weighted by Crippen LogP contribution is -2.57. The molecule has 3 aromatic carbocycles. The Morgan fingerprint density at radius 3 is 2.32 bits per heavy atom. The number of esters is 1. The standard InChI is InChI=1S/C35H33N5O7/c41-29(37-28-19-31(43)47-35(28)46-22-24-11-5-2-6-12-24)21-40-34(45)27(15-16-30(42)39(40)20-23-9-3-1-4-10-23)38-33(44)32-26-14-8-7-13-25(26)17-18-36-32/h1-14,17-18,27-28,35H,15-16,19-22H2,(H,37,41)(H,38,44). The fourth-order valence-corrected chi connectivity index (χ4v) is 5.65. The van der Waals surface area contributed by atoms with E-state index in [4.69, 9.17) is 9.47 Å². The normalized spacial score (nSPS) is 19.7. The Morgan fingerprint density at radius 1 is 0.851 bits per heavy atom. The summed E-state index contributed by atoms with van der Waals surface area (Å²) in [5, 5.41) is 9.23. The van der Waals surface area contributed by atoms with Crippen molar-refractivity contribution >= 4 is 40.4 Å². The fourth-order valence-electron chi connectivity index (χ4n) is 5.65. The van der Waals surface area contributed by atoms with Gasteiger partial charge in [0.1, 0.15) is 24.3 Å². The Kier molecular flexibility index (Phi) is 9.48. The lowest BCUT2D eigenvalue weighted by Gasteiger charge is -2.34. The van der Waals surface area contributed by atoms with E-state index in [-0.39, 0.29) is 38.1 Å². The first-order valence-corrected chi connectivity index (χ1v) is 15.3. The number of hydrogen-bond donors (Lipinski definition) is 2. The minimum absolute atomic E-state index is 0.0257. The summed E-state index contributed by atoms with van der Waals surface area (Å²) in [6, 6.07) is 25.5. The second-order valence-corrected chi connectivity index (χ2v) is 11.3. The first-order chi connectivity index (χ1) is 22.9. The van der Waals surface area contributed by atoms with Crippen LogP contribution in [0, 0.1) is 0 Å². The number of aromatic nitrogens is 1. The minimum atomic E-state index is -1.11. The van der Waals surface area contributed by atoms with Crippen LogP contribution in [0.1, 0.15) is 40.9 Å². The van der Waals surface area contributed by atoms with E-state index in [1.54, 1.807) is 18.2 Å². The Hall–Kier alpha value is -5.62. The van der Waals surface area contributed by atoms with Crippen molar-refractivity contribution in [2.75, 3.05) is 6.54 Å². The van der Waals surface area contributed by atoms with Crippen molar-refractivity contribution in [1.82, 2.24) is 25.6 Å². The van der Waals surface area contributed by atoms with Crippen molar-refractivity contribution in [2.45, 2.75) is 50.8 Å². The van der Waals surface area contributed by atoms with Crippen LogP contribution in [0.5, 0.6) is 0 Å². The lowest BCUT2D eigenvalue weighted by atomic mass is 10.1. The Morgan fingerprint density at radius 2 is 1.55 bits per heavy atom. The van der Waals surface area contributed by atoms with Crippen LogP contribution in [0.15, 0.2) is 97.2 Å². The highest BCUT2D eigenvalue weighted by atomic mass is 16.7. The van der Waals surface area contributed by atoms with Gasteiger partial charge in [0.25, 0.3) is 11.8 Å². The number of rotatable bonds is 10. The molecule has 47 heavy (non-hydrogen) atoms. The van der Waals surface area contributed by atoms with Gasteiger partial charge >= 0.3 is 5.97 Å². The predicted octanol–water partition coefficient (Wildman–Crippen LogP) is 2.87. The summed E-state index contributed by atoms with van der Waals surface area (Å²) >= 11 is 0. The van der Waals surface area contributed by atoms with Gasteiger partial charge in [0.15, 0.2) is 0 Å². The van der Waals surface area contributed by atoms with Gasteiger partial charge in [-0.15, -0.1) is 0 Å². The molecule has 2 saturated heterocycles. The van der Waals surface area contributed by atoms with Crippen LogP contribution < -0.4 is 10.6 Å². The summed E-state index contributed by atoms with van der Waals surface area (Å²) in [5.41, 5.74) is 1.74.